The fourth-order valence-corrected chi connectivity index (χ4v) is 3.68. The van der Waals surface area contributed by atoms with Gasteiger partial charge in [-0.25, -0.2) is 4.99 Å². The summed E-state index contributed by atoms with van der Waals surface area (Å²) in [5.74, 6) is 0. The third-order valence-electron chi connectivity index (χ3n) is 2.09. The van der Waals surface area contributed by atoms with E-state index in [4.69, 9.17) is 18.6 Å². The number of halogens is 1. The van der Waals surface area contributed by atoms with Gasteiger partial charge in [-0.1, -0.05) is 0 Å². The van der Waals surface area contributed by atoms with Gasteiger partial charge in [0.2, 0.25) is 0 Å². The molecule has 1 N–H and O–H groups in total. The van der Waals surface area contributed by atoms with Crippen molar-refractivity contribution in [2.75, 3.05) is 14.1 Å². The Morgan fingerprint density at radius 1 is 1.15 bits per heavy atom. The van der Waals surface area contributed by atoms with Crippen molar-refractivity contribution in [3.05, 3.63) is 22.4 Å². The molecule has 112 valence electrons. The van der Waals surface area contributed by atoms with Gasteiger partial charge < -0.3 is 4.90 Å². The fraction of sp³-hybridized carbons (Fsp3) is 0.400. The molecule has 0 radical (unpaired) electrons. The fourth-order valence-electron chi connectivity index (χ4n) is 1.37. The van der Waals surface area contributed by atoms with E-state index in [1.165, 1.54) is 5.57 Å². The van der Waals surface area contributed by atoms with Gasteiger partial charge in [0.1, 0.15) is 5.03 Å². The first kappa shape index (κ1) is 17.5. The molecule has 0 aromatic heterocycles. The Labute approximate surface area is 126 Å². The summed E-state index contributed by atoms with van der Waals surface area (Å²) in [4.78, 5) is 11.0. The molecule has 0 aromatic carbocycles. The van der Waals surface area contributed by atoms with Gasteiger partial charge in [0.05, 0.1) is 14.9 Å². The van der Waals surface area contributed by atoms with Crippen LogP contribution in [0.5, 0.6) is 0 Å². The number of nitrogens with zero attached hydrogens (tertiary/aromatic N) is 3. The van der Waals surface area contributed by atoms with Crippen LogP contribution in [0.15, 0.2) is 32.4 Å². The SMILES string of the molecule is CC1=CC(=C2N=C(N(C)C)SS2)C(C)=N1.[O-][Cl+3]([O-])([O-])O. The zero-order valence-corrected chi connectivity index (χ0v) is 13.7. The minimum absolute atomic E-state index is 1.05. The largest absolute Gasteiger partial charge is 0.357 e. The number of hydrogen-bond donors (Lipinski definition) is 1. The lowest BCUT2D eigenvalue weighted by Gasteiger charge is -2.07. The van der Waals surface area contributed by atoms with Crippen molar-refractivity contribution in [1.82, 2.24) is 4.90 Å². The van der Waals surface area contributed by atoms with Crippen LogP contribution in [0.1, 0.15) is 13.8 Å². The molecule has 7 nitrogen and oxygen atoms in total. The molecule has 0 saturated carbocycles. The van der Waals surface area contributed by atoms with Crippen molar-refractivity contribution in [1.29, 1.82) is 0 Å². The van der Waals surface area contributed by atoms with E-state index in [0.717, 1.165) is 21.6 Å². The van der Waals surface area contributed by atoms with Crippen LogP contribution in [0.2, 0.25) is 0 Å². The highest BCUT2D eigenvalue weighted by atomic mass is 35.7. The maximum atomic E-state index is 8.60. The predicted octanol–water partition coefficient (Wildman–Crippen LogP) is -1.24. The Balaban J connectivity index is 0.000000347. The van der Waals surface area contributed by atoms with E-state index in [-0.39, 0.29) is 0 Å². The number of hydrogen-bond acceptors (Lipinski definition) is 9. The topological polar surface area (TPSA) is 117 Å². The van der Waals surface area contributed by atoms with Crippen LogP contribution < -0.4 is 14.0 Å². The molecular weight excluding hydrogens is 326 g/mol. The van der Waals surface area contributed by atoms with Gasteiger partial charge in [0.15, 0.2) is 5.17 Å². The van der Waals surface area contributed by atoms with Crippen LogP contribution in [0.4, 0.5) is 0 Å². The molecular formula is C10H14ClN3O4S2. The van der Waals surface area contributed by atoms with Crippen molar-refractivity contribution in [2.24, 2.45) is 9.98 Å². The molecule has 0 spiro atoms. The maximum absolute atomic E-state index is 8.60. The predicted molar refractivity (Wildman–Crippen MR) is 72.4 cm³/mol. The lowest BCUT2D eigenvalue weighted by atomic mass is 10.2. The highest BCUT2D eigenvalue weighted by Gasteiger charge is 2.21. The second-order valence-corrected chi connectivity index (χ2v) is 6.93. The lowest BCUT2D eigenvalue weighted by Crippen LogP contribution is -2.58. The molecule has 2 heterocycles. The first-order valence-electron chi connectivity index (χ1n) is 5.30. The van der Waals surface area contributed by atoms with Crippen LogP contribution in [-0.4, -0.2) is 34.5 Å². The van der Waals surface area contributed by atoms with Gasteiger partial charge in [0.25, 0.3) is 0 Å². The van der Waals surface area contributed by atoms with Crippen LogP contribution in [-0.2, 0) is 0 Å². The van der Waals surface area contributed by atoms with Crippen LogP contribution >= 0.6 is 21.6 Å². The van der Waals surface area contributed by atoms with E-state index in [1.807, 2.05) is 32.8 Å². The Bertz CT molecular complexity index is 503. The third kappa shape index (κ3) is 5.83. The molecule has 0 saturated heterocycles. The molecule has 2 rings (SSSR count). The molecule has 0 amide bonds. The molecule has 20 heavy (non-hydrogen) atoms. The highest BCUT2D eigenvalue weighted by molar-refractivity contribution is 8.84. The summed E-state index contributed by atoms with van der Waals surface area (Å²) >= 11 is 0. The van der Waals surface area contributed by atoms with E-state index in [0.29, 0.717) is 0 Å². The molecule has 0 fully saturated rings. The first-order chi connectivity index (χ1) is 9.08. The van der Waals surface area contributed by atoms with Crippen LogP contribution in [0.3, 0.4) is 0 Å². The summed E-state index contributed by atoms with van der Waals surface area (Å²) in [7, 11) is 2.73. The number of amidine groups is 1. The van der Waals surface area contributed by atoms with Crippen molar-refractivity contribution < 1.29 is 28.9 Å². The molecule has 0 bridgehead atoms. The van der Waals surface area contributed by atoms with Gasteiger partial charge in [-0.15, -0.1) is 0 Å². The Kier molecular flexibility index (Phi) is 6.07. The zero-order valence-electron chi connectivity index (χ0n) is 11.3. The first-order valence-corrected chi connectivity index (χ1v) is 8.71. The molecule has 0 aromatic rings. The van der Waals surface area contributed by atoms with Gasteiger partial charge in [0, 0.05) is 31.1 Å². The molecule has 10 heteroatoms. The molecule has 0 aliphatic carbocycles. The normalized spacial score (nSPS) is 21.9. The second kappa shape index (κ2) is 6.94. The van der Waals surface area contributed by atoms with E-state index in [9.17, 15) is 0 Å². The zero-order chi connectivity index (χ0) is 15.5. The molecule has 2 aliphatic heterocycles. The van der Waals surface area contributed by atoms with Crippen LogP contribution in [0, 0.1) is 10.2 Å². The van der Waals surface area contributed by atoms with Gasteiger partial charge in [-0.3, -0.25) is 4.99 Å². The van der Waals surface area contributed by atoms with Crippen molar-refractivity contribution in [3.8, 4) is 0 Å². The minimum Gasteiger partial charge on any atom is -0.357 e. The average Bonchev–Trinajstić information content (AvgIpc) is 2.82. The summed E-state index contributed by atoms with van der Waals surface area (Å²) in [6.45, 7) is 4.05. The smallest absolute Gasteiger partial charge is 0.175 e. The summed E-state index contributed by atoms with van der Waals surface area (Å²) in [6.07, 6.45) is 2.10. The standard InChI is InChI=1S/C10H13N3S2.ClHO4/c1-6-5-8(7(2)11-6)9-12-10(13(3)4)15-14-9;2-1(3,4)5/h5H,1-4H3;(H,2,3,4,5). The van der Waals surface area contributed by atoms with Crippen molar-refractivity contribution >= 4 is 32.5 Å². The maximum Gasteiger partial charge on any atom is 0.175 e. The van der Waals surface area contributed by atoms with Crippen molar-refractivity contribution in [3.63, 3.8) is 0 Å². The highest BCUT2D eigenvalue weighted by Crippen LogP contribution is 2.42. The van der Waals surface area contributed by atoms with Gasteiger partial charge in [-0.05, 0) is 41.5 Å². The number of allylic oxidation sites excluding steroid dienone is 3. The molecule has 0 atom stereocenters. The van der Waals surface area contributed by atoms with Crippen molar-refractivity contribution in [2.45, 2.75) is 13.8 Å². The molecule has 0 unspecified atom stereocenters. The average molecular weight is 340 g/mol. The van der Waals surface area contributed by atoms with E-state index in [2.05, 4.69) is 16.1 Å². The Hall–Kier alpha value is -0.550. The number of aliphatic imine (C=N–C) groups is 2. The van der Waals surface area contributed by atoms with Gasteiger partial charge >= 0.3 is 0 Å². The lowest BCUT2D eigenvalue weighted by molar-refractivity contribution is -1.92. The summed E-state index contributed by atoms with van der Waals surface area (Å²) in [5, 5.41) is 2.12. The monoisotopic (exact) mass is 339 g/mol. The van der Waals surface area contributed by atoms with Gasteiger partial charge in [-0.2, -0.15) is 14.0 Å². The van der Waals surface area contributed by atoms with Crippen LogP contribution in [0.25, 0.3) is 0 Å². The summed E-state index contributed by atoms with van der Waals surface area (Å²) in [6, 6.07) is 0. The number of rotatable bonds is 0. The van der Waals surface area contributed by atoms with E-state index >= 15 is 0 Å². The third-order valence-corrected chi connectivity index (χ3v) is 4.42. The molecule has 2 aliphatic rings. The summed E-state index contributed by atoms with van der Waals surface area (Å²) in [5.41, 5.74) is 3.30. The second-order valence-electron chi connectivity index (χ2n) is 4.05. The Morgan fingerprint density at radius 3 is 2.05 bits per heavy atom. The van der Waals surface area contributed by atoms with E-state index in [1.54, 1.807) is 21.6 Å². The summed E-state index contributed by atoms with van der Waals surface area (Å²) < 4.78 is 32.7. The Morgan fingerprint density at radius 2 is 1.70 bits per heavy atom. The van der Waals surface area contributed by atoms with E-state index < -0.39 is 10.2 Å². The minimum atomic E-state index is -4.69. The quantitative estimate of drug-likeness (QED) is 0.549.